The van der Waals surface area contributed by atoms with Crippen molar-refractivity contribution < 1.29 is 4.74 Å². The molecular weight excluding hydrogens is 264 g/mol. The summed E-state index contributed by atoms with van der Waals surface area (Å²) in [4.78, 5) is 12.1. The molecule has 108 valence electrons. The van der Waals surface area contributed by atoms with Gasteiger partial charge in [-0.25, -0.2) is 4.98 Å². The molecule has 3 N–H and O–H groups in total. The first-order valence-electron chi connectivity index (χ1n) is 7.05. The van der Waals surface area contributed by atoms with Crippen LogP contribution in [0.3, 0.4) is 0 Å². The summed E-state index contributed by atoms with van der Waals surface area (Å²) in [5, 5.41) is 0. The number of nitrogens with two attached hydrogens (primary N) is 1. The van der Waals surface area contributed by atoms with Crippen molar-refractivity contribution in [2.45, 2.75) is 19.4 Å². The summed E-state index contributed by atoms with van der Waals surface area (Å²) in [6.07, 6.45) is 0.735. The average Bonchev–Trinajstić information content (AvgIpc) is 2.92. The molecule has 0 aliphatic carbocycles. The highest BCUT2D eigenvalue weighted by atomic mass is 16.5. The van der Waals surface area contributed by atoms with Crippen LogP contribution in [-0.2, 0) is 6.42 Å². The number of ether oxygens (including phenoxy) is 1. The van der Waals surface area contributed by atoms with Gasteiger partial charge in [-0.15, -0.1) is 0 Å². The number of rotatable bonds is 5. The summed E-state index contributed by atoms with van der Waals surface area (Å²) in [6, 6.07) is 13.7. The minimum absolute atomic E-state index is 0.183. The van der Waals surface area contributed by atoms with E-state index in [1.54, 1.807) is 0 Å². The Hall–Kier alpha value is -2.40. The highest BCUT2D eigenvalue weighted by Crippen LogP contribution is 2.19. The maximum absolute atomic E-state index is 6.23. The maximum atomic E-state index is 6.23. The lowest BCUT2D eigenvalue weighted by Gasteiger charge is -2.08. The third-order valence-corrected chi connectivity index (χ3v) is 3.28. The van der Waals surface area contributed by atoms with Crippen LogP contribution in [0.1, 0.15) is 24.4 Å². The molecule has 5 heteroatoms. The second-order valence-electron chi connectivity index (χ2n) is 4.87. The normalized spacial score (nSPS) is 12.5. The van der Waals surface area contributed by atoms with Gasteiger partial charge in [0.05, 0.1) is 18.2 Å². The van der Waals surface area contributed by atoms with Gasteiger partial charge in [-0.1, -0.05) is 30.3 Å². The number of fused-ring (bicyclic) bond motifs is 1. The van der Waals surface area contributed by atoms with Crippen molar-refractivity contribution in [3.63, 3.8) is 0 Å². The van der Waals surface area contributed by atoms with Crippen LogP contribution in [0, 0.1) is 0 Å². The molecule has 5 nitrogen and oxygen atoms in total. The Kier molecular flexibility index (Phi) is 3.83. The summed E-state index contributed by atoms with van der Waals surface area (Å²) >= 11 is 0. The van der Waals surface area contributed by atoms with Gasteiger partial charge in [0.2, 0.25) is 5.88 Å². The molecule has 1 atom stereocenters. The molecule has 3 rings (SSSR count). The second kappa shape index (κ2) is 5.93. The Bertz CT molecular complexity index is 723. The fraction of sp³-hybridized carbons (Fsp3) is 0.250. The zero-order valence-corrected chi connectivity index (χ0v) is 11.9. The molecule has 0 aliphatic rings. The van der Waals surface area contributed by atoms with E-state index in [0.717, 1.165) is 17.8 Å². The van der Waals surface area contributed by atoms with E-state index >= 15 is 0 Å². The smallest absolute Gasteiger partial charge is 0.215 e. The molecule has 1 aromatic carbocycles. The quantitative estimate of drug-likeness (QED) is 0.754. The summed E-state index contributed by atoms with van der Waals surface area (Å²) in [7, 11) is 0. The number of nitrogens with one attached hydrogen (secondary N) is 1. The molecule has 0 bridgehead atoms. The van der Waals surface area contributed by atoms with Crippen molar-refractivity contribution in [3.05, 3.63) is 53.9 Å². The first kappa shape index (κ1) is 13.6. The number of aromatic amines is 1. The minimum Gasteiger partial charge on any atom is -0.478 e. The van der Waals surface area contributed by atoms with Crippen molar-refractivity contribution >= 4 is 11.2 Å². The number of hydrogen-bond donors (Lipinski definition) is 2. The monoisotopic (exact) mass is 282 g/mol. The Morgan fingerprint density at radius 3 is 2.71 bits per heavy atom. The van der Waals surface area contributed by atoms with E-state index in [2.05, 4.69) is 27.1 Å². The summed E-state index contributed by atoms with van der Waals surface area (Å²) < 4.78 is 5.38. The summed E-state index contributed by atoms with van der Waals surface area (Å²) in [6.45, 7) is 2.51. The number of benzene rings is 1. The number of imidazole rings is 1. The van der Waals surface area contributed by atoms with Crippen molar-refractivity contribution in [1.82, 2.24) is 15.0 Å². The molecule has 2 heterocycles. The topological polar surface area (TPSA) is 76.8 Å². The zero-order valence-electron chi connectivity index (χ0n) is 11.9. The van der Waals surface area contributed by atoms with Crippen LogP contribution in [0.2, 0.25) is 0 Å². The van der Waals surface area contributed by atoms with E-state index < -0.39 is 0 Å². The number of H-pyrrole nitrogens is 1. The molecule has 0 spiro atoms. The first-order valence-corrected chi connectivity index (χ1v) is 7.05. The molecular formula is C16H18N4O. The number of aromatic nitrogens is 3. The molecule has 21 heavy (non-hydrogen) atoms. The van der Waals surface area contributed by atoms with Crippen molar-refractivity contribution in [2.75, 3.05) is 6.61 Å². The second-order valence-corrected chi connectivity index (χ2v) is 4.87. The third-order valence-electron chi connectivity index (χ3n) is 3.28. The molecule has 3 aromatic rings. The van der Waals surface area contributed by atoms with E-state index in [-0.39, 0.29) is 6.04 Å². The third kappa shape index (κ3) is 3.03. The molecule has 1 unspecified atom stereocenters. The SMILES string of the molecule is CCOc1ccc2[nH]c(C(N)Cc3ccccc3)nc2n1. The van der Waals surface area contributed by atoms with Crippen LogP contribution >= 0.6 is 0 Å². The number of pyridine rings is 1. The van der Waals surface area contributed by atoms with Gasteiger partial charge in [0.25, 0.3) is 0 Å². The molecule has 0 amide bonds. The fourth-order valence-corrected chi connectivity index (χ4v) is 2.26. The van der Waals surface area contributed by atoms with Gasteiger partial charge in [0.15, 0.2) is 5.65 Å². The van der Waals surface area contributed by atoms with Gasteiger partial charge in [-0.3, -0.25) is 0 Å². The molecule has 0 radical (unpaired) electrons. The predicted octanol–water partition coefficient (Wildman–Crippen LogP) is 2.60. The molecule has 0 aliphatic heterocycles. The van der Waals surface area contributed by atoms with Crippen LogP contribution in [0.4, 0.5) is 0 Å². The van der Waals surface area contributed by atoms with E-state index in [1.165, 1.54) is 5.56 Å². The minimum atomic E-state index is -0.183. The molecule has 0 saturated heterocycles. The van der Waals surface area contributed by atoms with Crippen molar-refractivity contribution in [1.29, 1.82) is 0 Å². The van der Waals surface area contributed by atoms with Crippen LogP contribution in [0.15, 0.2) is 42.5 Å². The van der Waals surface area contributed by atoms with Crippen LogP contribution in [-0.4, -0.2) is 21.6 Å². The van der Waals surface area contributed by atoms with Gasteiger partial charge in [0.1, 0.15) is 5.82 Å². The van der Waals surface area contributed by atoms with E-state index in [9.17, 15) is 0 Å². The Labute approximate surface area is 123 Å². The zero-order chi connectivity index (χ0) is 14.7. The lowest BCUT2D eigenvalue weighted by molar-refractivity contribution is 0.328. The van der Waals surface area contributed by atoms with Gasteiger partial charge in [0, 0.05) is 6.07 Å². The average molecular weight is 282 g/mol. The Balaban J connectivity index is 1.83. The Morgan fingerprint density at radius 1 is 1.14 bits per heavy atom. The Morgan fingerprint density at radius 2 is 1.95 bits per heavy atom. The highest BCUT2D eigenvalue weighted by molar-refractivity contribution is 5.71. The predicted molar refractivity (Wildman–Crippen MR) is 82.1 cm³/mol. The van der Waals surface area contributed by atoms with Crippen molar-refractivity contribution in [3.8, 4) is 5.88 Å². The van der Waals surface area contributed by atoms with Crippen LogP contribution in [0.5, 0.6) is 5.88 Å². The lowest BCUT2D eigenvalue weighted by Crippen LogP contribution is -2.14. The van der Waals surface area contributed by atoms with E-state index in [1.807, 2.05) is 37.3 Å². The summed E-state index contributed by atoms with van der Waals surface area (Å²) in [5.41, 5.74) is 8.93. The largest absolute Gasteiger partial charge is 0.478 e. The van der Waals surface area contributed by atoms with Crippen molar-refractivity contribution in [2.24, 2.45) is 5.73 Å². The van der Waals surface area contributed by atoms with E-state index in [4.69, 9.17) is 10.5 Å². The first-order chi connectivity index (χ1) is 10.3. The van der Waals surface area contributed by atoms with E-state index in [0.29, 0.717) is 18.1 Å². The van der Waals surface area contributed by atoms with Crippen LogP contribution in [0.25, 0.3) is 11.2 Å². The number of nitrogens with zero attached hydrogens (tertiary/aromatic N) is 2. The maximum Gasteiger partial charge on any atom is 0.215 e. The van der Waals surface area contributed by atoms with Gasteiger partial charge < -0.3 is 15.5 Å². The number of hydrogen-bond acceptors (Lipinski definition) is 4. The molecule has 0 saturated carbocycles. The van der Waals surface area contributed by atoms with Gasteiger partial charge in [-0.05, 0) is 25.0 Å². The standard InChI is InChI=1S/C16H18N4O/c1-2-21-14-9-8-13-16(19-14)20-15(18-13)12(17)10-11-6-4-3-5-7-11/h3-9,12H,2,10,17H2,1H3,(H,18,19,20). The summed E-state index contributed by atoms with van der Waals surface area (Å²) in [5.74, 6) is 1.33. The molecule has 2 aromatic heterocycles. The van der Waals surface area contributed by atoms with Crippen LogP contribution < -0.4 is 10.5 Å². The van der Waals surface area contributed by atoms with Gasteiger partial charge in [-0.2, -0.15) is 4.98 Å². The lowest BCUT2D eigenvalue weighted by atomic mass is 10.1. The van der Waals surface area contributed by atoms with Gasteiger partial charge >= 0.3 is 0 Å². The molecule has 0 fully saturated rings. The highest BCUT2D eigenvalue weighted by Gasteiger charge is 2.13. The fourth-order valence-electron chi connectivity index (χ4n) is 2.26.